The van der Waals surface area contributed by atoms with Crippen molar-refractivity contribution in [2.24, 2.45) is 4.99 Å². The Kier molecular flexibility index (Phi) is 4.80. The molecule has 0 fully saturated rings. The molecule has 0 aromatic heterocycles. The topological polar surface area (TPSA) is 56.7 Å². The number of anilines is 2. The minimum Gasteiger partial charge on any atom is -0.318 e. The van der Waals surface area contributed by atoms with E-state index in [2.05, 4.69) is 25.9 Å². The molecule has 0 aliphatic carbocycles. The van der Waals surface area contributed by atoms with E-state index in [0.717, 1.165) is 29.5 Å². The van der Waals surface area contributed by atoms with E-state index in [-0.39, 0.29) is 6.03 Å². The Morgan fingerprint density at radius 3 is 2.73 bits per heavy atom. The lowest BCUT2D eigenvalue weighted by Crippen LogP contribution is -2.20. The molecule has 0 saturated heterocycles. The van der Waals surface area contributed by atoms with Crippen molar-refractivity contribution in [2.75, 3.05) is 23.7 Å². The largest absolute Gasteiger partial charge is 0.323 e. The van der Waals surface area contributed by atoms with Gasteiger partial charge in [-0.3, -0.25) is 4.99 Å². The van der Waals surface area contributed by atoms with Crippen LogP contribution in [-0.2, 0) is 0 Å². The van der Waals surface area contributed by atoms with Crippen molar-refractivity contribution in [1.82, 2.24) is 4.90 Å². The van der Waals surface area contributed by atoms with E-state index in [1.165, 1.54) is 0 Å². The minimum absolute atomic E-state index is 0.383. The number of amidine groups is 1. The van der Waals surface area contributed by atoms with Crippen molar-refractivity contribution in [3.8, 4) is 0 Å². The Morgan fingerprint density at radius 1 is 1.12 bits per heavy atom. The van der Waals surface area contributed by atoms with Crippen LogP contribution in [0.1, 0.15) is 5.56 Å². The van der Waals surface area contributed by atoms with Gasteiger partial charge in [-0.25, -0.2) is 4.79 Å². The summed E-state index contributed by atoms with van der Waals surface area (Å²) in [5, 5.41) is 9.57. The highest BCUT2D eigenvalue weighted by molar-refractivity contribution is 8.16. The second kappa shape index (κ2) is 7.23. The molecule has 26 heavy (non-hydrogen) atoms. The number of nitrogens with one attached hydrogen (secondary N) is 2. The van der Waals surface area contributed by atoms with Crippen LogP contribution in [0.2, 0.25) is 10.0 Å². The Hall–Kier alpha value is -2.15. The van der Waals surface area contributed by atoms with Crippen LogP contribution in [0.5, 0.6) is 0 Å². The summed E-state index contributed by atoms with van der Waals surface area (Å²) in [5.74, 6) is 0. The predicted octanol–water partition coefficient (Wildman–Crippen LogP) is 5.35. The van der Waals surface area contributed by atoms with Crippen LogP contribution in [0.15, 0.2) is 52.9 Å². The van der Waals surface area contributed by atoms with Gasteiger partial charge in [-0.2, -0.15) is 0 Å². The zero-order valence-corrected chi connectivity index (χ0v) is 15.8. The number of benzene rings is 2. The normalized spacial score (nSPS) is 15.4. The first-order valence-corrected chi connectivity index (χ1v) is 9.56. The maximum absolute atomic E-state index is 12.2. The second-order valence-electron chi connectivity index (χ2n) is 5.72. The van der Waals surface area contributed by atoms with Crippen LogP contribution in [0.25, 0.3) is 5.70 Å². The molecular weight excluding hydrogens is 391 g/mol. The highest BCUT2D eigenvalue weighted by atomic mass is 35.5. The molecule has 132 valence electrons. The fraction of sp³-hybridized carbons (Fsp3) is 0.111. The van der Waals surface area contributed by atoms with Gasteiger partial charge in [0.15, 0.2) is 5.17 Å². The van der Waals surface area contributed by atoms with Gasteiger partial charge in [-0.05, 0) is 35.9 Å². The summed E-state index contributed by atoms with van der Waals surface area (Å²) in [4.78, 5) is 18.8. The van der Waals surface area contributed by atoms with Crippen molar-refractivity contribution < 1.29 is 4.79 Å². The molecule has 0 bridgehead atoms. The number of fused-ring (bicyclic) bond motifs is 1. The molecule has 4 rings (SSSR count). The van der Waals surface area contributed by atoms with Crippen LogP contribution >= 0.6 is 35.0 Å². The standard InChI is InChI=1S/C18H14Cl2N4OS/c19-12-3-6-14(20)15(9-12)23-17(25)22-13-4-1-11(2-5-13)16-10-26-18-21-7-8-24(16)18/h1-6,9-10H,7-8H2,(H2,22,23,25). The lowest BCUT2D eigenvalue weighted by atomic mass is 10.1. The van der Waals surface area contributed by atoms with Crippen LogP contribution in [0, 0.1) is 0 Å². The molecule has 0 spiro atoms. The van der Waals surface area contributed by atoms with Crippen molar-refractivity contribution in [2.45, 2.75) is 0 Å². The first kappa shape index (κ1) is 17.3. The Morgan fingerprint density at radius 2 is 1.92 bits per heavy atom. The molecule has 5 nitrogen and oxygen atoms in total. The Balaban J connectivity index is 1.42. The monoisotopic (exact) mass is 404 g/mol. The van der Waals surface area contributed by atoms with Crippen LogP contribution < -0.4 is 10.6 Å². The predicted molar refractivity (Wildman–Crippen MR) is 110 cm³/mol. The Labute approximate surface area is 165 Å². The average Bonchev–Trinajstić information content (AvgIpc) is 3.22. The van der Waals surface area contributed by atoms with E-state index in [1.54, 1.807) is 30.0 Å². The SMILES string of the molecule is O=C(Nc1ccc(C2=CSC3=NCCN23)cc1)Nc1cc(Cl)ccc1Cl. The van der Waals surface area contributed by atoms with Gasteiger partial charge in [0.2, 0.25) is 0 Å². The van der Waals surface area contributed by atoms with Crippen molar-refractivity contribution >= 4 is 63.2 Å². The highest BCUT2D eigenvalue weighted by Gasteiger charge is 2.26. The smallest absolute Gasteiger partial charge is 0.318 e. The van der Waals surface area contributed by atoms with Crippen LogP contribution in [-0.4, -0.2) is 29.2 Å². The molecule has 2 aliphatic rings. The van der Waals surface area contributed by atoms with Gasteiger partial charge in [-0.1, -0.05) is 47.1 Å². The van der Waals surface area contributed by atoms with Gasteiger partial charge in [-0.15, -0.1) is 0 Å². The number of amides is 2. The molecule has 0 unspecified atom stereocenters. The summed E-state index contributed by atoms with van der Waals surface area (Å²) in [6.45, 7) is 1.75. The molecule has 2 aromatic rings. The number of rotatable bonds is 3. The van der Waals surface area contributed by atoms with Gasteiger partial charge >= 0.3 is 6.03 Å². The summed E-state index contributed by atoms with van der Waals surface area (Å²) in [7, 11) is 0. The van der Waals surface area contributed by atoms with Crippen molar-refractivity contribution in [1.29, 1.82) is 0 Å². The molecule has 2 aliphatic heterocycles. The fourth-order valence-electron chi connectivity index (χ4n) is 2.75. The number of thioether (sulfide) groups is 1. The highest BCUT2D eigenvalue weighted by Crippen LogP contribution is 2.35. The molecule has 2 N–H and O–H groups in total. The molecule has 0 saturated carbocycles. The summed E-state index contributed by atoms with van der Waals surface area (Å²) in [6, 6.07) is 12.2. The summed E-state index contributed by atoms with van der Waals surface area (Å²) >= 11 is 13.6. The maximum atomic E-state index is 12.2. The number of urea groups is 1. The quantitative estimate of drug-likeness (QED) is 0.724. The second-order valence-corrected chi connectivity index (χ2v) is 7.40. The zero-order chi connectivity index (χ0) is 18.1. The van der Waals surface area contributed by atoms with Gasteiger partial charge in [0, 0.05) is 22.7 Å². The average molecular weight is 405 g/mol. The number of hydrogen-bond acceptors (Lipinski definition) is 4. The Bertz CT molecular complexity index is 927. The molecule has 2 heterocycles. The number of nitrogens with zero attached hydrogens (tertiary/aromatic N) is 2. The molecule has 8 heteroatoms. The molecule has 2 aromatic carbocycles. The lowest BCUT2D eigenvalue weighted by Gasteiger charge is -2.17. The number of halogens is 2. The van der Waals surface area contributed by atoms with Crippen LogP contribution in [0.4, 0.5) is 16.2 Å². The minimum atomic E-state index is -0.383. The number of hydrogen-bond donors (Lipinski definition) is 2. The van der Waals surface area contributed by atoms with E-state index in [4.69, 9.17) is 23.2 Å². The third-order valence-electron chi connectivity index (χ3n) is 3.98. The van der Waals surface area contributed by atoms with Gasteiger partial charge in [0.25, 0.3) is 0 Å². The molecule has 0 atom stereocenters. The van der Waals surface area contributed by atoms with Gasteiger partial charge in [0.05, 0.1) is 23.0 Å². The third kappa shape index (κ3) is 3.53. The first-order chi connectivity index (χ1) is 12.6. The van der Waals surface area contributed by atoms with Crippen molar-refractivity contribution in [3.05, 3.63) is 63.5 Å². The van der Waals surface area contributed by atoms with Crippen molar-refractivity contribution in [3.63, 3.8) is 0 Å². The van der Waals surface area contributed by atoms with Crippen LogP contribution in [0.3, 0.4) is 0 Å². The van der Waals surface area contributed by atoms with Gasteiger partial charge < -0.3 is 15.5 Å². The molecular formula is C18H14Cl2N4OS. The van der Waals surface area contributed by atoms with E-state index in [0.29, 0.717) is 21.4 Å². The van der Waals surface area contributed by atoms with Gasteiger partial charge in [0.1, 0.15) is 0 Å². The number of carbonyl (C=O) groups is 1. The summed E-state index contributed by atoms with van der Waals surface area (Å²) in [5.41, 5.74) is 3.38. The van der Waals surface area contributed by atoms with E-state index in [1.807, 2.05) is 24.3 Å². The first-order valence-electron chi connectivity index (χ1n) is 7.92. The summed E-state index contributed by atoms with van der Waals surface area (Å²) in [6.07, 6.45) is 0. The number of carbonyl (C=O) groups excluding carboxylic acids is 1. The zero-order valence-electron chi connectivity index (χ0n) is 13.5. The molecule has 0 radical (unpaired) electrons. The molecule has 2 amide bonds. The third-order valence-corrected chi connectivity index (χ3v) is 5.45. The fourth-order valence-corrected chi connectivity index (χ4v) is 4.05. The summed E-state index contributed by atoms with van der Waals surface area (Å²) < 4.78 is 0. The van der Waals surface area contributed by atoms with E-state index < -0.39 is 0 Å². The number of aliphatic imine (C=N–C) groups is 1. The van der Waals surface area contributed by atoms with E-state index in [9.17, 15) is 4.79 Å². The van der Waals surface area contributed by atoms with E-state index >= 15 is 0 Å². The maximum Gasteiger partial charge on any atom is 0.323 e. The lowest BCUT2D eigenvalue weighted by molar-refractivity contribution is 0.262.